The van der Waals surface area contributed by atoms with Crippen molar-refractivity contribution in [2.45, 2.75) is 45.3 Å². The van der Waals surface area contributed by atoms with Crippen LogP contribution < -0.4 is 5.32 Å². The largest absolute Gasteiger partial charge is 0.395 e. The quantitative estimate of drug-likeness (QED) is 0.663. The molecule has 0 aromatic heterocycles. The molecule has 4 nitrogen and oxygen atoms in total. The zero-order valence-corrected chi connectivity index (χ0v) is 13.5. The van der Waals surface area contributed by atoms with Crippen LogP contribution in [0.1, 0.15) is 33.1 Å². The molecule has 4 heteroatoms. The second kappa shape index (κ2) is 9.50. The molecule has 2 unspecified atom stereocenters. The van der Waals surface area contributed by atoms with E-state index in [1.807, 2.05) is 0 Å². The summed E-state index contributed by atoms with van der Waals surface area (Å²) in [6, 6.07) is 0.444. The molecule has 0 aliphatic carbocycles. The molecule has 0 aromatic carbocycles. The maximum Gasteiger partial charge on any atom is 0.0612 e. The van der Waals surface area contributed by atoms with Gasteiger partial charge in [0, 0.05) is 32.2 Å². The summed E-state index contributed by atoms with van der Waals surface area (Å²) in [6.07, 6.45) is 6.01. The molecule has 1 fully saturated rings. The molecular weight excluding hydrogens is 250 g/mol. The van der Waals surface area contributed by atoms with Gasteiger partial charge in [0.05, 0.1) is 12.8 Å². The van der Waals surface area contributed by atoms with Gasteiger partial charge in [0.1, 0.15) is 0 Å². The Labute approximate surface area is 124 Å². The van der Waals surface area contributed by atoms with E-state index >= 15 is 0 Å². The van der Waals surface area contributed by atoms with E-state index in [1.54, 1.807) is 0 Å². The average Bonchev–Trinajstić information content (AvgIpc) is 2.65. The molecule has 2 N–H and O–H groups in total. The third kappa shape index (κ3) is 5.92. The Hall–Kier alpha value is -0.420. The summed E-state index contributed by atoms with van der Waals surface area (Å²) in [5.74, 6) is 0.744. The number of rotatable bonds is 8. The number of aliphatic hydroxyl groups excluding tert-OH is 1. The molecule has 118 valence electrons. The standard InChI is InChI=1S/C16H33N3O/c1-5-15(7-6-14(2)3)18(4)16-8-10-19(12-13-20)11-9-17-16/h5,14-17,20H,1,6-13H2,2-4H3. The van der Waals surface area contributed by atoms with E-state index in [4.69, 9.17) is 5.11 Å². The maximum absolute atomic E-state index is 9.05. The van der Waals surface area contributed by atoms with E-state index < -0.39 is 0 Å². The number of aliphatic hydroxyl groups is 1. The fourth-order valence-corrected chi connectivity index (χ4v) is 2.84. The lowest BCUT2D eigenvalue weighted by Gasteiger charge is -2.33. The minimum Gasteiger partial charge on any atom is -0.395 e. The lowest BCUT2D eigenvalue weighted by Crippen LogP contribution is -2.48. The van der Waals surface area contributed by atoms with E-state index in [0.717, 1.165) is 38.5 Å². The Morgan fingerprint density at radius 1 is 1.40 bits per heavy atom. The highest BCUT2D eigenvalue weighted by molar-refractivity contribution is 4.90. The van der Waals surface area contributed by atoms with Crippen molar-refractivity contribution in [3.63, 3.8) is 0 Å². The number of hydrogen-bond donors (Lipinski definition) is 2. The first kappa shape index (κ1) is 17.6. The summed E-state index contributed by atoms with van der Waals surface area (Å²) in [6.45, 7) is 12.7. The van der Waals surface area contributed by atoms with Gasteiger partial charge in [0.2, 0.25) is 0 Å². The highest BCUT2D eigenvalue weighted by Crippen LogP contribution is 2.16. The van der Waals surface area contributed by atoms with Crippen LogP contribution in [0.25, 0.3) is 0 Å². The predicted molar refractivity (Wildman–Crippen MR) is 85.8 cm³/mol. The number of likely N-dealkylation sites (N-methyl/N-ethyl adjacent to an activating group) is 1. The Morgan fingerprint density at radius 3 is 2.75 bits per heavy atom. The van der Waals surface area contributed by atoms with Crippen molar-refractivity contribution < 1.29 is 5.11 Å². The molecule has 0 spiro atoms. The average molecular weight is 283 g/mol. The molecule has 1 saturated heterocycles. The minimum atomic E-state index is 0.254. The van der Waals surface area contributed by atoms with Gasteiger partial charge in [0.25, 0.3) is 0 Å². The molecule has 0 saturated carbocycles. The van der Waals surface area contributed by atoms with Crippen molar-refractivity contribution in [2.24, 2.45) is 5.92 Å². The van der Waals surface area contributed by atoms with Crippen LogP contribution >= 0.6 is 0 Å². The zero-order valence-electron chi connectivity index (χ0n) is 13.5. The summed E-state index contributed by atoms with van der Waals surface area (Å²) in [5.41, 5.74) is 0. The Bertz CT molecular complexity index is 270. The first-order valence-corrected chi connectivity index (χ1v) is 7.99. The third-order valence-corrected chi connectivity index (χ3v) is 4.27. The highest BCUT2D eigenvalue weighted by Gasteiger charge is 2.23. The molecule has 0 radical (unpaired) electrons. The smallest absolute Gasteiger partial charge is 0.0612 e. The van der Waals surface area contributed by atoms with Gasteiger partial charge in [0.15, 0.2) is 0 Å². The summed E-state index contributed by atoms with van der Waals surface area (Å²) in [5, 5.41) is 12.7. The molecule has 1 heterocycles. The molecule has 20 heavy (non-hydrogen) atoms. The lowest BCUT2D eigenvalue weighted by atomic mass is 10.0. The highest BCUT2D eigenvalue weighted by atomic mass is 16.3. The molecule has 1 aliphatic rings. The van der Waals surface area contributed by atoms with Gasteiger partial charge in [-0.25, -0.2) is 0 Å². The van der Waals surface area contributed by atoms with Gasteiger partial charge >= 0.3 is 0 Å². The fraction of sp³-hybridized carbons (Fsp3) is 0.875. The van der Waals surface area contributed by atoms with Crippen LogP contribution in [0.15, 0.2) is 12.7 Å². The van der Waals surface area contributed by atoms with Crippen LogP contribution in [0.2, 0.25) is 0 Å². The summed E-state index contributed by atoms with van der Waals surface area (Å²) >= 11 is 0. The van der Waals surface area contributed by atoms with Crippen molar-refractivity contribution in [3.05, 3.63) is 12.7 Å². The second-order valence-corrected chi connectivity index (χ2v) is 6.26. The van der Waals surface area contributed by atoms with E-state index in [1.165, 1.54) is 12.8 Å². The lowest BCUT2D eigenvalue weighted by molar-refractivity contribution is 0.151. The van der Waals surface area contributed by atoms with Gasteiger partial charge in [-0.3, -0.25) is 9.80 Å². The Kier molecular flexibility index (Phi) is 8.38. The van der Waals surface area contributed by atoms with E-state index in [2.05, 4.69) is 48.7 Å². The van der Waals surface area contributed by atoms with Crippen molar-refractivity contribution >= 4 is 0 Å². The Balaban J connectivity index is 2.47. The maximum atomic E-state index is 9.05. The summed E-state index contributed by atoms with van der Waals surface area (Å²) in [4.78, 5) is 4.76. The number of hydrogen-bond acceptors (Lipinski definition) is 4. The first-order chi connectivity index (χ1) is 9.58. The van der Waals surface area contributed by atoms with Crippen molar-refractivity contribution in [1.29, 1.82) is 0 Å². The SMILES string of the molecule is C=CC(CCC(C)C)N(C)C1CCN(CCO)CCN1. The second-order valence-electron chi connectivity index (χ2n) is 6.26. The molecule has 0 amide bonds. The summed E-state index contributed by atoms with van der Waals surface area (Å²) in [7, 11) is 2.20. The zero-order chi connectivity index (χ0) is 15.0. The third-order valence-electron chi connectivity index (χ3n) is 4.27. The van der Waals surface area contributed by atoms with Crippen LogP contribution in [0.5, 0.6) is 0 Å². The number of β-amino-alcohol motifs (C(OH)–C–C–N with tert-alkyl or cyclic N) is 1. The topological polar surface area (TPSA) is 38.7 Å². The van der Waals surface area contributed by atoms with Crippen LogP contribution in [0.3, 0.4) is 0 Å². The van der Waals surface area contributed by atoms with Crippen LogP contribution in [0, 0.1) is 5.92 Å². The van der Waals surface area contributed by atoms with E-state index in [0.29, 0.717) is 12.2 Å². The molecule has 1 aliphatic heterocycles. The van der Waals surface area contributed by atoms with Crippen molar-refractivity contribution in [3.8, 4) is 0 Å². The van der Waals surface area contributed by atoms with Gasteiger partial charge in [-0.2, -0.15) is 0 Å². The van der Waals surface area contributed by atoms with Crippen LogP contribution in [-0.4, -0.2) is 66.9 Å². The Morgan fingerprint density at radius 2 is 2.15 bits per heavy atom. The normalized spacial score (nSPS) is 23.0. The van der Waals surface area contributed by atoms with Gasteiger partial charge in [-0.15, -0.1) is 6.58 Å². The monoisotopic (exact) mass is 283 g/mol. The molecule has 2 atom stereocenters. The van der Waals surface area contributed by atoms with Crippen molar-refractivity contribution in [1.82, 2.24) is 15.1 Å². The fourth-order valence-electron chi connectivity index (χ4n) is 2.84. The summed E-state index contributed by atoms with van der Waals surface area (Å²) < 4.78 is 0. The molecule has 0 bridgehead atoms. The molecule has 1 rings (SSSR count). The number of nitrogens with zero attached hydrogens (tertiary/aromatic N) is 2. The van der Waals surface area contributed by atoms with Crippen LogP contribution in [0.4, 0.5) is 0 Å². The van der Waals surface area contributed by atoms with Gasteiger partial charge in [-0.05, 0) is 32.2 Å². The van der Waals surface area contributed by atoms with Gasteiger partial charge < -0.3 is 10.4 Å². The van der Waals surface area contributed by atoms with Crippen LogP contribution in [-0.2, 0) is 0 Å². The van der Waals surface area contributed by atoms with Gasteiger partial charge in [-0.1, -0.05) is 19.9 Å². The number of nitrogens with one attached hydrogen (secondary N) is 1. The first-order valence-electron chi connectivity index (χ1n) is 7.99. The van der Waals surface area contributed by atoms with Crippen molar-refractivity contribution in [2.75, 3.05) is 39.8 Å². The molecular formula is C16H33N3O. The predicted octanol–water partition coefficient (Wildman–Crippen LogP) is 1.52. The molecule has 0 aromatic rings. The van der Waals surface area contributed by atoms with E-state index in [9.17, 15) is 0 Å². The minimum absolute atomic E-state index is 0.254. The van der Waals surface area contributed by atoms with E-state index in [-0.39, 0.29) is 6.61 Å².